The molecule has 70 valence electrons. The number of rotatable bonds is 1. The topological polar surface area (TPSA) is 27.1 Å². The van der Waals surface area contributed by atoms with Crippen molar-refractivity contribution >= 4 is 12.2 Å². The van der Waals surface area contributed by atoms with E-state index in [2.05, 4.69) is 4.98 Å². The molecule has 1 aromatic heterocycles. The first-order valence-corrected chi connectivity index (χ1v) is 4.85. The zero-order valence-electron chi connectivity index (χ0n) is 7.56. The second-order valence-corrected chi connectivity index (χ2v) is 3.59. The monoisotopic (exact) mass is 196 g/mol. The fourth-order valence-electron chi connectivity index (χ4n) is 1.50. The Balaban J connectivity index is 2.34. The Morgan fingerprint density at radius 1 is 1.69 bits per heavy atom. The van der Waals surface area contributed by atoms with Crippen molar-refractivity contribution in [3.8, 4) is 0 Å². The van der Waals surface area contributed by atoms with Gasteiger partial charge in [0.15, 0.2) is 0 Å². The number of aromatic nitrogens is 2. The van der Waals surface area contributed by atoms with Crippen LogP contribution < -0.4 is 0 Å². The molecule has 1 unspecified atom stereocenters. The van der Waals surface area contributed by atoms with E-state index in [4.69, 9.17) is 17.0 Å². The number of hydrogen-bond acceptors (Lipinski definition) is 3. The van der Waals surface area contributed by atoms with Gasteiger partial charge in [-0.05, 0) is 38.0 Å². The highest BCUT2D eigenvalue weighted by Crippen LogP contribution is 2.22. The van der Waals surface area contributed by atoms with Crippen LogP contribution in [-0.2, 0) is 4.74 Å². The minimum Gasteiger partial charge on any atom is -0.358 e. The van der Waals surface area contributed by atoms with Gasteiger partial charge in [0.05, 0.1) is 0 Å². The van der Waals surface area contributed by atoms with Gasteiger partial charge < -0.3 is 4.74 Å². The average molecular weight is 196 g/mol. The highest BCUT2D eigenvalue weighted by Gasteiger charge is 2.16. The van der Waals surface area contributed by atoms with Gasteiger partial charge >= 0.3 is 0 Å². The molecule has 1 aliphatic rings. The number of ether oxygens (including phenoxy) is 1. The molecule has 0 radical (unpaired) electrons. The van der Waals surface area contributed by atoms with E-state index in [1.54, 1.807) is 0 Å². The number of hydrogen-bond donors (Lipinski definition) is 0. The van der Waals surface area contributed by atoms with Crippen molar-refractivity contribution in [3.63, 3.8) is 0 Å². The second kappa shape index (κ2) is 3.55. The summed E-state index contributed by atoms with van der Waals surface area (Å²) in [6, 6.07) is 1.96. The summed E-state index contributed by atoms with van der Waals surface area (Å²) in [5.74, 6) is 0. The quantitative estimate of drug-likeness (QED) is 0.644. The lowest BCUT2D eigenvalue weighted by Crippen LogP contribution is -2.09. The summed E-state index contributed by atoms with van der Waals surface area (Å²) in [6.07, 6.45) is 4.22. The fourth-order valence-corrected chi connectivity index (χ4v) is 1.82. The van der Waals surface area contributed by atoms with Crippen molar-refractivity contribution in [1.29, 1.82) is 0 Å². The maximum atomic E-state index is 5.52. The molecule has 0 N–H and O–H groups in total. The summed E-state index contributed by atoms with van der Waals surface area (Å²) >= 11 is 5.15. The molecule has 0 bridgehead atoms. The SMILES string of the molecule is Cc1ccn(C2CCCO2)c(=S)n1. The van der Waals surface area contributed by atoms with Crippen molar-refractivity contribution in [2.75, 3.05) is 6.61 Å². The molecule has 0 aliphatic carbocycles. The first-order valence-electron chi connectivity index (χ1n) is 4.45. The Kier molecular flexibility index (Phi) is 2.42. The third-order valence-corrected chi connectivity index (χ3v) is 2.49. The van der Waals surface area contributed by atoms with Gasteiger partial charge in [0.2, 0.25) is 4.77 Å². The van der Waals surface area contributed by atoms with E-state index in [0.717, 1.165) is 25.1 Å². The number of aryl methyl sites for hydroxylation is 1. The molecule has 2 heterocycles. The third kappa shape index (κ3) is 1.78. The van der Waals surface area contributed by atoms with Gasteiger partial charge in [-0.25, -0.2) is 4.98 Å². The molecular weight excluding hydrogens is 184 g/mol. The van der Waals surface area contributed by atoms with Gasteiger partial charge in [0.25, 0.3) is 0 Å². The van der Waals surface area contributed by atoms with Crippen molar-refractivity contribution in [2.24, 2.45) is 0 Å². The predicted molar refractivity (Wildman–Crippen MR) is 52.0 cm³/mol. The number of nitrogens with zero attached hydrogens (tertiary/aromatic N) is 2. The lowest BCUT2D eigenvalue weighted by molar-refractivity contribution is 0.0542. The van der Waals surface area contributed by atoms with Crippen LogP contribution in [0.25, 0.3) is 0 Å². The zero-order chi connectivity index (χ0) is 9.26. The summed E-state index contributed by atoms with van der Waals surface area (Å²) < 4.78 is 8.06. The van der Waals surface area contributed by atoms with Crippen LogP contribution in [0.4, 0.5) is 0 Å². The van der Waals surface area contributed by atoms with E-state index < -0.39 is 0 Å². The summed E-state index contributed by atoms with van der Waals surface area (Å²) in [5, 5.41) is 0. The predicted octanol–water partition coefficient (Wildman–Crippen LogP) is 2.23. The first-order chi connectivity index (χ1) is 6.27. The second-order valence-electron chi connectivity index (χ2n) is 3.23. The van der Waals surface area contributed by atoms with Crippen molar-refractivity contribution < 1.29 is 4.74 Å². The van der Waals surface area contributed by atoms with E-state index in [1.807, 2.05) is 23.8 Å². The molecule has 1 atom stereocenters. The maximum Gasteiger partial charge on any atom is 0.201 e. The van der Waals surface area contributed by atoms with Crippen LogP contribution in [0.3, 0.4) is 0 Å². The van der Waals surface area contributed by atoms with Crippen LogP contribution in [0.5, 0.6) is 0 Å². The van der Waals surface area contributed by atoms with Crippen molar-refractivity contribution in [1.82, 2.24) is 9.55 Å². The molecule has 0 saturated carbocycles. The fraction of sp³-hybridized carbons (Fsp3) is 0.556. The molecule has 1 aromatic rings. The Labute approximate surface area is 82.4 Å². The van der Waals surface area contributed by atoms with Gasteiger partial charge in [-0.1, -0.05) is 0 Å². The molecule has 1 saturated heterocycles. The minimum absolute atomic E-state index is 0.112. The smallest absolute Gasteiger partial charge is 0.201 e. The van der Waals surface area contributed by atoms with Gasteiger partial charge in [-0.3, -0.25) is 4.57 Å². The Bertz CT molecular complexity index is 355. The molecule has 0 spiro atoms. The molecule has 1 aliphatic heterocycles. The Morgan fingerprint density at radius 2 is 2.54 bits per heavy atom. The Morgan fingerprint density at radius 3 is 3.15 bits per heavy atom. The zero-order valence-corrected chi connectivity index (χ0v) is 8.38. The molecular formula is C9H12N2OS. The van der Waals surface area contributed by atoms with Gasteiger partial charge in [0, 0.05) is 18.5 Å². The van der Waals surface area contributed by atoms with Crippen LogP contribution in [0, 0.1) is 11.7 Å². The lowest BCUT2D eigenvalue weighted by Gasteiger charge is -2.13. The minimum atomic E-state index is 0.112. The van der Waals surface area contributed by atoms with Gasteiger partial charge in [-0.15, -0.1) is 0 Å². The summed E-state index contributed by atoms with van der Waals surface area (Å²) in [5.41, 5.74) is 0.958. The normalized spacial score (nSPS) is 22.1. The largest absolute Gasteiger partial charge is 0.358 e. The Hall–Kier alpha value is -0.740. The van der Waals surface area contributed by atoms with E-state index in [0.29, 0.717) is 4.77 Å². The van der Waals surface area contributed by atoms with Gasteiger partial charge in [0.1, 0.15) is 6.23 Å². The third-order valence-electron chi connectivity index (χ3n) is 2.19. The molecule has 4 heteroatoms. The van der Waals surface area contributed by atoms with Crippen LogP contribution in [-0.4, -0.2) is 16.2 Å². The molecule has 1 fully saturated rings. The van der Waals surface area contributed by atoms with E-state index in [-0.39, 0.29) is 6.23 Å². The summed E-state index contributed by atoms with van der Waals surface area (Å²) in [7, 11) is 0. The van der Waals surface area contributed by atoms with Crippen LogP contribution in [0.2, 0.25) is 0 Å². The highest BCUT2D eigenvalue weighted by molar-refractivity contribution is 7.71. The van der Waals surface area contributed by atoms with E-state index >= 15 is 0 Å². The van der Waals surface area contributed by atoms with Gasteiger partial charge in [-0.2, -0.15) is 0 Å². The lowest BCUT2D eigenvalue weighted by atomic mass is 10.3. The molecule has 0 aromatic carbocycles. The first kappa shape index (κ1) is 8.84. The average Bonchev–Trinajstić information content (AvgIpc) is 2.56. The van der Waals surface area contributed by atoms with Crippen LogP contribution in [0.1, 0.15) is 24.8 Å². The van der Waals surface area contributed by atoms with E-state index in [1.165, 1.54) is 0 Å². The van der Waals surface area contributed by atoms with Crippen LogP contribution in [0.15, 0.2) is 12.3 Å². The molecule has 2 rings (SSSR count). The standard InChI is InChI=1S/C9H12N2OS/c1-7-4-5-11(9(13)10-7)8-3-2-6-12-8/h4-5,8H,2-3,6H2,1H3. The molecule has 3 nitrogen and oxygen atoms in total. The summed E-state index contributed by atoms with van der Waals surface area (Å²) in [4.78, 5) is 4.22. The van der Waals surface area contributed by atoms with Crippen molar-refractivity contribution in [2.45, 2.75) is 26.0 Å². The highest BCUT2D eigenvalue weighted by atomic mass is 32.1. The molecule has 0 amide bonds. The maximum absolute atomic E-state index is 5.52. The van der Waals surface area contributed by atoms with E-state index in [9.17, 15) is 0 Å². The van der Waals surface area contributed by atoms with Crippen LogP contribution >= 0.6 is 12.2 Å². The van der Waals surface area contributed by atoms with Crippen molar-refractivity contribution in [3.05, 3.63) is 22.7 Å². The molecule has 13 heavy (non-hydrogen) atoms. The summed E-state index contributed by atoms with van der Waals surface area (Å²) in [6.45, 7) is 2.77.